The Balaban J connectivity index is 4.47. The highest BCUT2D eigenvalue weighted by molar-refractivity contribution is 6.07. The number of nitrogens with zero attached hydrogens (tertiary/aromatic N) is 1. The molecular formula is C6H9NO4. The predicted octanol–water partition coefficient (Wildman–Crippen LogP) is 0.148. The van der Waals surface area contributed by atoms with Crippen LogP contribution in [0.4, 0.5) is 4.79 Å². The quantitative estimate of drug-likeness (QED) is 0.504. The molecule has 5 heteroatoms. The van der Waals surface area contributed by atoms with E-state index in [0.717, 1.165) is 21.0 Å². The molecule has 0 spiro atoms. The molecule has 0 aliphatic carbocycles. The first-order chi connectivity index (χ1) is 5.00. The molecule has 0 aliphatic rings. The molecule has 3 amide bonds. The van der Waals surface area contributed by atoms with Gasteiger partial charge in [-0.05, 0) is 0 Å². The standard InChI is InChI=1S/C6H9NO4/c1-4(8)7(5(2)9)6(10)11-3/h1-3H3. The summed E-state index contributed by atoms with van der Waals surface area (Å²) in [5, 5.41) is 0. The minimum Gasteiger partial charge on any atom is -0.452 e. The van der Waals surface area contributed by atoms with E-state index in [0.29, 0.717) is 4.90 Å². The second kappa shape index (κ2) is 3.70. The second-order valence-electron chi connectivity index (χ2n) is 1.84. The van der Waals surface area contributed by atoms with Crippen LogP contribution in [0.3, 0.4) is 0 Å². The normalized spacial score (nSPS) is 8.64. The molecule has 0 radical (unpaired) electrons. The van der Waals surface area contributed by atoms with Gasteiger partial charge in [0.25, 0.3) is 0 Å². The van der Waals surface area contributed by atoms with Crippen LogP contribution in [0.25, 0.3) is 0 Å². The van der Waals surface area contributed by atoms with Crippen molar-refractivity contribution in [1.82, 2.24) is 4.90 Å². The molecule has 0 aliphatic heterocycles. The summed E-state index contributed by atoms with van der Waals surface area (Å²) in [4.78, 5) is 32.3. The van der Waals surface area contributed by atoms with E-state index in [1.807, 2.05) is 0 Å². The van der Waals surface area contributed by atoms with Gasteiger partial charge < -0.3 is 4.74 Å². The van der Waals surface area contributed by atoms with Crippen molar-refractivity contribution in [2.75, 3.05) is 7.11 Å². The average Bonchev–Trinajstić information content (AvgIpc) is 1.85. The van der Waals surface area contributed by atoms with Gasteiger partial charge in [-0.1, -0.05) is 0 Å². The van der Waals surface area contributed by atoms with Crippen molar-refractivity contribution >= 4 is 17.9 Å². The molecule has 5 nitrogen and oxygen atoms in total. The summed E-state index contributed by atoms with van der Waals surface area (Å²) < 4.78 is 4.18. The Labute approximate surface area is 63.9 Å². The number of ether oxygens (including phenoxy) is 1. The van der Waals surface area contributed by atoms with Crippen molar-refractivity contribution in [3.63, 3.8) is 0 Å². The topological polar surface area (TPSA) is 63.7 Å². The van der Waals surface area contributed by atoms with Crippen molar-refractivity contribution in [3.05, 3.63) is 0 Å². The van der Waals surface area contributed by atoms with Gasteiger partial charge in [0.1, 0.15) is 0 Å². The molecule has 0 saturated heterocycles. The summed E-state index contributed by atoms with van der Waals surface area (Å²) >= 11 is 0. The van der Waals surface area contributed by atoms with E-state index in [4.69, 9.17) is 0 Å². The molecule has 0 saturated carbocycles. The summed E-state index contributed by atoms with van der Waals surface area (Å²) in [6.07, 6.45) is -0.954. The third-order valence-corrected chi connectivity index (χ3v) is 0.987. The highest BCUT2D eigenvalue weighted by Crippen LogP contribution is 1.94. The van der Waals surface area contributed by atoms with E-state index in [2.05, 4.69) is 4.74 Å². The molecule has 0 aromatic carbocycles. The molecule has 0 bridgehead atoms. The lowest BCUT2D eigenvalue weighted by Crippen LogP contribution is -2.38. The van der Waals surface area contributed by atoms with Crippen molar-refractivity contribution < 1.29 is 19.1 Å². The molecule has 0 fully saturated rings. The Morgan fingerprint density at radius 2 is 1.45 bits per heavy atom. The van der Waals surface area contributed by atoms with Gasteiger partial charge in [0.15, 0.2) is 0 Å². The molecular weight excluding hydrogens is 150 g/mol. The molecule has 0 rings (SSSR count). The van der Waals surface area contributed by atoms with Crippen LogP contribution in [-0.2, 0) is 14.3 Å². The smallest absolute Gasteiger partial charge is 0.423 e. The van der Waals surface area contributed by atoms with E-state index in [9.17, 15) is 14.4 Å². The van der Waals surface area contributed by atoms with Crippen LogP contribution in [0.2, 0.25) is 0 Å². The first-order valence-electron chi connectivity index (χ1n) is 2.90. The van der Waals surface area contributed by atoms with Crippen molar-refractivity contribution in [2.24, 2.45) is 0 Å². The van der Waals surface area contributed by atoms with Gasteiger partial charge >= 0.3 is 6.09 Å². The van der Waals surface area contributed by atoms with Crippen molar-refractivity contribution in [1.29, 1.82) is 0 Å². The number of hydrogen-bond donors (Lipinski definition) is 0. The fourth-order valence-corrected chi connectivity index (χ4v) is 0.570. The summed E-state index contributed by atoms with van der Waals surface area (Å²) in [6, 6.07) is 0. The number of hydrogen-bond acceptors (Lipinski definition) is 4. The minimum absolute atomic E-state index is 0.417. The van der Waals surface area contributed by atoms with Crippen LogP contribution in [0.15, 0.2) is 0 Å². The third-order valence-electron chi connectivity index (χ3n) is 0.987. The SMILES string of the molecule is COC(=O)N(C(C)=O)C(C)=O. The van der Waals surface area contributed by atoms with Gasteiger partial charge in [-0.2, -0.15) is 4.90 Å². The summed E-state index contributed by atoms with van der Waals surface area (Å²) in [6.45, 7) is 2.22. The Hall–Kier alpha value is -1.39. The van der Waals surface area contributed by atoms with Gasteiger partial charge in [-0.25, -0.2) is 4.79 Å². The zero-order valence-electron chi connectivity index (χ0n) is 6.58. The summed E-state index contributed by atoms with van der Waals surface area (Å²) in [7, 11) is 1.10. The predicted molar refractivity (Wildman–Crippen MR) is 35.6 cm³/mol. The molecule has 0 heterocycles. The van der Waals surface area contributed by atoms with Crippen LogP contribution in [-0.4, -0.2) is 29.9 Å². The molecule has 0 N–H and O–H groups in total. The Bertz CT molecular complexity index is 185. The molecule has 0 atom stereocenters. The maximum absolute atomic E-state index is 10.7. The fraction of sp³-hybridized carbons (Fsp3) is 0.500. The van der Waals surface area contributed by atoms with E-state index in [-0.39, 0.29) is 0 Å². The third kappa shape index (κ3) is 2.37. The molecule has 0 aromatic rings. The number of methoxy groups -OCH3 is 1. The van der Waals surface area contributed by atoms with Crippen molar-refractivity contribution in [2.45, 2.75) is 13.8 Å². The maximum Gasteiger partial charge on any atom is 0.423 e. The number of rotatable bonds is 0. The highest BCUT2D eigenvalue weighted by Gasteiger charge is 2.22. The lowest BCUT2D eigenvalue weighted by atomic mass is 10.5. The van der Waals surface area contributed by atoms with E-state index < -0.39 is 17.9 Å². The van der Waals surface area contributed by atoms with Gasteiger partial charge in [0, 0.05) is 13.8 Å². The summed E-state index contributed by atoms with van der Waals surface area (Å²) in [5.41, 5.74) is 0. The number of carbonyl (C=O) groups is 3. The monoisotopic (exact) mass is 159 g/mol. The molecule has 0 aromatic heterocycles. The first-order valence-corrected chi connectivity index (χ1v) is 2.90. The van der Waals surface area contributed by atoms with Gasteiger partial charge in [-0.3, -0.25) is 9.59 Å². The highest BCUT2D eigenvalue weighted by atomic mass is 16.5. The first kappa shape index (κ1) is 9.61. The largest absolute Gasteiger partial charge is 0.452 e. The van der Waals surface area contributed by atoms with Crippen LogP contribution >= 0.6 is 0 Å². The zero-order valence-corrected chi connectivity index (χ0v) is 6.58. The van der Waals surface area contributed by atoms with Gasteiger partial charge in [-0.15, -0.1) is 0 Å². The van der Waals surface area contributed by atoms with Gasteiger partial charge in [0.2, 0.25) is 11.8 Å². The maximum atomic E-state index is 10.7. The molecule has 11 heavy (non-hydrogen) atoms. The fourth-order valence-electron chi connectivity index (χ4n) is 0.570. The van der Waals surface area contributed by atoms with Crippen LogP contribution in [0, 0.1) is 0 Å². The Kier molecular flexibility index (Phi) is 3.23. The number of carbonyl (C=O) groups excluding carboxylic acids is 3. The molecule has 0 unspecified atom stereocenters. The zero-order chi connectivity index (χ0) is 9.02. The second-order valence-corrected chi connectivity index (χ2v) is 1.84. The lowest BCUT2D eigenvalue weighted by Gasteiger charge is -2.11. The van der Waals surface area contributed by atoms with Crippen molar-refractivity contribution in [3.8, 4) is 0 Å². The Morgan fingerprint density at radius 3 is 1.55 bits per heavy atom. The Morgan fingerprint density at radius 1 is 1.09 bits per heavy atom. The van der Waals surface area contributed by atoms with E-state index in [1.165, 1.54) is 0 Å². The number of amides is 3. The average molecular weight is 159 g/mol. The van der Waals surface area contributed by atoms with Crippen LogP contribution in [0.1, 0.15) is 13.8 Å². The van der Waals surface area contributed by atoms with Gasteiger partial charge in [0.05, 0.1) is 7.11 Å². The minimum atomic E-state index is -0.954. The lowest BCUT2D eigenvalue weighted by molar-refractivity contribution is -0.139. The van der Waals surface area contributed by atoms with Crippen LogP contribution in [0.5, 0.6) is 0 Å². The van der Waals surface area contributed by atoms with E-state index in [1.54, 1.807) is 0 Å². The van der Waals surface area contributed by atoms with Crippen LogP contribution < -0.4 is 0 Å². The molecule has 62 valence electrons. The summed E-state index contributed by atoms with van der Waals surface area (Å²) in [5.74, 6) is -1.30. The van der Waals surface area contributed by atoms with E-state index >= 15 is 0 Å². The number of imide groups is 3.